The highest BCUT2D eigenvalue weighted by molar-refractivity contribution is 7.89. The van der Waals surface area contributed by atoms with E-state index >= 15 is 0 Å². The average Bonchev–Trinajstić information content (AvgIpc) is 2.61. The van der Waals surface area contributed by atoms with E-state index in [2.05, 4.69) is 4.72 Å². The van der Waals surface area contributed by atoms with E-state index in [1.165, 1.54) is 31.2 Å². The molecule has 0 fully saturated rings. The number of hydrogen-bond donors (Lipinski definition) is 1. The van der Waals surface area contributed by atoms with Gasteiger partial charge in [-0.1, -0.05) is 35.4 Å². The fourth-order valence-electron chi connectivity index (χ4n) is 2.36. The van der Waals surface area contributed by atoms with Crippen molar-refractivity contribution in [1.82, 2.24) is 4.72 Å². The highest BCUT2D eigenvalue weighted by atomic mass is 35.5. The van der Waals surface area contributed by atoms with Crippen molar-refractivity contribution in [3.05, 3.63) is 64.2 Å². The van der Waals surface area contributed by atoms with Crippen molar-refractivity contribution < 1.29 is 22.7 Å². The van der Waals surface area contributed by atoms with Gasteiger partial charge in [0.25, 0.3) is 0 Å². The molecule has 144 valence electrons. The molecular formula is C19H20ClNO5S. The number of esters is 1. The Kier molecular flexibility index (Phi) is 6.75. The van der Waals surface area contributed by atoms with Crippen LogP contribution in [0.25, 0.3) is 0 Å². The van der Waals surface area contributed by atoms with Crippen LogP contribution in [0, 0.1) is 13.8 Å². The summed E-state index contributed by atoms with van der Waals surface area (Å²) in [6.45, 7) is 4.52. The molecule has 0 amide bonds. The second-order valence-corrected chi connectivity index (χ2v) is 8.30. The van der Waals surface area contributed by atoms with Crippen LogP contribution in [-0.2, 0) is 19.6 Å². The van der Waals surface area contributed by atoms with Gasteiger partial charge in [0.2, 0.25) is 15.8 Å². The summed E-state index contributed by atoms with van der Waals surface area (Å²) in [7, 11) is -3.95. The standard InChI is InChI=1S/C19H20ClNO5S/c1-12-7-8-13(2)17(9-12)18(22)11-26-19(23)14(3)21-27(24,25)16-6-4-5-15(20)10-16/h4-10,14,21H,11H2,1-3H3/t14-/m0/s1. The SMILES string of the molecule is Cc1ccc(C)c(C(=O)COC(=O)[C@H](C)NS(=O)(=O)c2cccc(Cl)c2)c1. The molecule has 0 bridgehead atoms. The van der Waals surface area contributed by atoms with Crippen molar-refractivity contribution in [2.75, 3.05) is 6.61 Å². The molecule has 1 atom stereocenters. The van der Waals surface area contributed by atoms with E-state index in [9.17, 15) is 18.0 Å². The summed E-state index contributed by atoms with van der Waals surface area (Å²) in [4.78, 5) is 24.3. The molecule has 2 rings (SSSR count). The monoisotopic (exact) mass is 409 g/mol. The Morgan fingerprint density at radius 1 is 1.15 bits per heavy atom. The Labute approximate surface area is 163 Å². The summed E-state index contributed by atoms with van der Waals surface area (Å²) in [6.07, 6.45) is 0. The minimum atomic E-state index is -3.95. The summed E-state index contributed by atoms with van der Waals surface area (Å²) < 4.78 is 31.8. The summed E-state index contributed by atoms with van der Waals surface area (Å²) >= 11 is 5.80. The predicted octanol–water partition coefficient (Wildman–Crippen LogP) is 3.05. The van der Waals surface area contributed by atoms with Crippen LogP contribution in [0.4, 0.5) is 0 Å². The second-order valence-electron chi connectivity index (χ2n) is 6.15. The van der Waals surface area contributed by atoms with Crippen LogP contribution in [0.15, 0.2) is 47.4 Å². The zero-order chi connectivity index (χ0) is 20.2. The molecule has 0 aromatic heterocycles. The molecule has 0 saturated carbocycles. The van der Waals surface area contributed by atoms with Gasteiger partial charge in [-0.05, 0) is 50.6 Å². The van der Waals surface area contributed by atoms with Gasteiger partial charge in [-0.25, -0.2) is 8.42 Å². The highest BCUT2D eigenvalue weighted by Gasteiger charge is 2.24. The molecule has 8 heteroatoms. The summed E-state index contributed by atoms with van der Waals surface area (Å²) in [5.74, 6) is -1.20. The van der Waals surface area contributed by atoms with Gasteiger partial charge in [-0.2, -0.15) is 4.72 Å². The quantitative estimate of drug-likeness (QED) is 0.560. The molecule has 1 N–H and O–H groups in total. The van der Waals surface area contributed by atoms with E-state index < -0.39 is 28.6 Å². The summed E-state index contributed by atoms with van der Waals surface area (Å²) in [6, 6.07) is 9.90. The number of Topliss-reactive ketones (excluding diaryl/α,β-unsaturated/α-hetero) is 1. The number of carbonyl (C=O) groups excluding carboxylic acids is 2. The first-order valence-electron chi connectivity index (χ1n) is 8.15. The first-order valence-corrected chi connectivity index (χ1v) is 10.0. The van der Waals surface area contributed by atoms with E-state index in [0.29, 0.717) is 5.56 Å². The number of nitrogens with one attached hydrogen (secondary N) is 1. The lowest BCUT2D eigenvalue weighted by Gasteiger charge is -2.14. The number of hydrogen-bond acceptors (Lipinski definition) is 5. The van der Waals surface area contributed by atoms with E-state index in [4.69, 9.17) is 16.3 Å². The topological polar surface area (TPSA) is 89.5 Å². The third-order valence-corrected chi connectivity index (χ3v) is 5.60. The van der Waals surface area contributed by atoms with Gasteiger partial charge >= 0.3 is 5.97 Å². The van der Waals surface area contributed by atoms with Crippen LogP contribution >= 0.6 is 11.6 Å². The van der Waals surface area contributed by atoms with Gasteiger partial charge in [0.1, 0.15) is 6.04 Å². The molecule has 27 heavy (non-hydrogen) atoms. The molecule has 6 nitrogen and oxygen atoms in total. The third kappa shape index (κ3) is 5.63. The number of sulfonamides is 1. The largest absolute Gasteiger partial charge is 0.456 e. The minimum Gasteiger partial charge on any atom is -0.456 e. The first-order chi connectivity index (χ1) is 12.6. The van der Waals surface area contributed by atoms with E-state index in [1.807, 2.05) is 19.1 Å². The van der Waals surface area contributed by atoms with Crippen molar-refractivity contribution in [2.24, 2.45) is 0 Å². The van der Waals surface area contributed by atoms with Crippen LogP contribution in [-0.4, -0.2) is 32.8 Å². The van der Waals surface area contributed by atoms with Crippen LogP contribution in [0.2, 0.25) is 5.02 Å². The van der Waals surface area contributed by atoms with Gasteiger partial charge < -0.3 is 4.74 Å². The van der Waals surface area contributed by atoms with Crippen LogP contribution < -0.4 is 4.72 Å². The number of benzene rings is 2. The number of rotatable bonds is 7. The molecule has 0 aliphatic rings. The zero-order valence-corrected chi connectivity index (χ0v) is 16.7. The molecule has 0 spiro atoms. The molecule has 2 aromatic carbocycles. The Balaban J connectivity index is 1.99. The Morgan fingerprint density at radius 2 is 1.85 bits per heavy atom. The summed E-state index contributed by atoms with van der Waals surface area (Å²) in [5.41, 5.74) is 2.16. The number of ether oxygens (including phenoxy) is 1. The number of aryl methyl sites for hydroxylation is 2. The second kappa shape index (κ2) is 8.65. The molecular weight excluding hydrogens is 390 g/mol. The maximum Gasteiger partial charge on any atom is 0.324 e. The van der Waals surface area contributed by atoms with Gasteiger partial charge in [-0.3, -0.25) is 9.59 Å². The van der Waals surface area contributed by atoms with Crippen LogP contribution in [0.1, 0.15) is 28.4 Å². The van der Waals surface area contributed by atoms with Gasteiger partial charge in [-0.15, -0.1) is 0 Å². The van der Waals surface area contributed by atoms with Crippen molar-refractivity contribution >= 4 is 33.4 Å². The van der Waals surface area contributed by atoms with E-state index in [0.717, 1.165) is 11.1 Å². The zero-order valence-electron chi connectivity index (χ0n) is 15.2. The smallest absolute Gasteiger partial charge is 0.324 e. The maximum absolute atomic E-state index is 12.3. The lowest BCUT2D eigenvalue weighted by atomic mass is 10.0. The molecule has 0 heterocycles. The minimum absolute atomic E-state index is 0.0684. The fourth-order valence-corrected chi connectivity index (χ4v) is 3.85. The molecule has 0 radical (unpaired) electrons. The third-order valence-electron chi connectivity index (χ3n) is 3.83. The lowest BCUT2D eigenvalue weighted by Crippen LogP contribution is -2.40. The van der Waals surface area contributed by atoms with Gasteiger partial charge in [0.15, 0.2) is 6.61 Å². The molecule has 0 unspecified atom stereocenters. The number of halogens is 1. The molecule has 0 aliphatic carbocycles. The van der Waals surface area contributed by atoms with Crippen LogP contribution in [0.3, 0.4) is 0 Å². The Bertz CT molecular complexity index is 972. The van der Waals surface area contributed by atoms with Crippen LogP contribution in [0.5, 0.6) is 0 Å². The predicted molar refractivity (Wildman–Crippen MR) is 102 cm³/mol. The van der Waals surface area contributed by atoms with Gasteiger partial charge in [0.05, 0.1) is 4.90 Å². The average molecular weight is 410 g/mol. The maximum atomic E-state index is 12.3. The Morgan fingerprint density at radius 3 is 2.52 bits per heavy atom. The lowest BCUT2D eigenvalue weighted by molar-refractivity contribution is -0.144. The number of ketones is 1. The molecule has 2 aromatic rings. The van der Waals surface area contributed by atoms with Crippen molar-refractivity contribution in [1.29, 1.82) is 0 Å². The first kappa shape index (κ1) is 21.1. The van der Waals surface area contributed by atoms with Crippen molar-refractivity contribution in [3.8, 4) is 0 Å². The Hall–Kier alpha value is -2.22. The number of carbonyl (C=O) groups is 2. The molecule has 0 saturated heterocycles. The molecule has 0 aliphatic heterocycles. The normalized spacial score (nSPS) is 12.4. The fraction of sp³-hybridized carbons (Fsp3) is 0.263. The van der Waals surface area contributed by atoms with Crippen molar-refractivity contribution in [2.45, 2.75) is 31.7 Å². The van der Waals surface area contributed by atoms with E-state index in [1.54, 1.807) is 13.0 Å². The highest BCUT2D eigenvalue weighted by Crippen LogP contribution is 2.16. The summed E-state index contributed by atoms with van der Waals surface area (Å²) in [5, 5.41) is 0.257. The van der Waals surface area contributed by atoms with Crippen molar-refractivity contribution in [3.63, 3.8) is 0 Å². The van der Waals surface area contributed by atoms with E-state index in [-0.39, 0.29) is 15.7 Å². The van der Waals surface area contributed by atoms with Gasteiger partial charge in [0, 0.05) is 10.6 Å².